The van der Waals surface area contributed by atoms with E-state index in [0.717, 1.165) is 51.6 Å². The Morgan fingerprint density at radius 3 is 2.19 bits per heavy atom. The number of likely N-dealkylation sites (tertiary alicyclic amines) is 1. The molecule has 2 rings (SSSR count). The zero-order chi connectivity index (χ0) is 15.1. The van der Waals surface area contributed by atoms with E-state index >= 15 is 0 Å². The molecular weight excluding hydrogens is 266 g/mol. The smallest absolute Gasteiger partial charge is 0.227 e. The minimum absolute atomic E-state index is 0.0566. The van der Waals surface area contributed by atoms with Gasteiger partial charge in [0.2, 0.25) is 11.8 Å². The molecule has 120 valence electrons. The van der Waals surface area contributed by atoms with Crippen LogP contribution < -0.4 is 11.1 Å². The molecule has 0 aromatic carbocycles. The third-order valence-corrected chi connectivity index (χ3v) is 5.02. The molecule has 0 spiro atoms. The molecule has 1 saturated carbocycles. The molecule has 1 aliphatic carbocycles. The third-order valence-electron chi connectivity index (χ3n) is 5.02. The monoisotopic (exact) mass is 295 g/mol. The zero-order valence-corrected chi connectivity index (χ0v) is 13.0. The van der Waals surface area contributed by atoms with Gasteiger partial charge in [-0.3, -0.25) is 9.59 Å². The van der Waals surface area contributed by atoms with E-state index in [2.05, 4.69) is 5.32 Å². The molecule has 2 fully saturated rings. The Hall–Kier alpha value is -1.10. The van der Waals surface area contributed by atoms with Crippen molar-refractivity contribution in [3.63, 3.8) is 0 Å². The number of rotatable bonds is 5. The van der Waals surface area contributed by atoms with Crippen molar-refractivity contribution in [1.82, 2.24) is 10.2 Å². The third kappa shape index (κ3) is 4.19. The average molecular weight is 295 g/mol. The number of nitrogens with one attached hydrogen (secondary N) is 1. The fourth-order valence-corrected chi connectivity index (χ4v) is 3.52. The molecule has 2 amide bonds. The summed E-state index contributed by atoms with van der Waals surface area (Å²) < 4.78 is 0. The lowest BCUT2D eigenvalue weighted by Crippen LogP contribution is -2.46. The molecule has 0 bridgehead atoms. The van der Waals surface area contributed by atoms with E-state index in [0.29, 0.717) is 19.5 Å². The second kappa shape index (κ2) is 7.78. The summed E-state index contributed by atoms with van der Waals surface area (Å²) in [7, 11) is 0. The summed E-state index contributed by atoms with van der Waals surface area (Å²) in [5, 5.41) is 2.96. The van der Waals surface area contributed by atoms with Crippen LogP contribution in [0.5, 0.6) is 0 Å². The van der Waals surface area contributed by atoms with E-state index in [-0.39, 0.29) is 11.8 Å². The summed E-state index contributed by atoms with van der Waals surface area (Å²) in [6, 6.07) is 0. The van der Waals surface area contributed by atoms with E-state index < -0.39 is 5.41 Å². The lowest BCUT2D eigenvalue weighted by atomic mass is 9.79. The summed E-state index contributed by atoms with van der Waals surface area (Å²) in [6.45, 7) is 2.61. The van der Waals surface area contributed by atoms with Crippen LogP contribution in [0.1, 0.15) is 57.8 Å². The zero-order valence-electron chi connectivity index (χ0n) is 13.0. The maximum absolute atomic E-state index is 12.5. The minimum atomic E-state index is -0.396. The Bertz CT molecular complexity index is 357. The fraction of sp³-hybridized carbons (Fsp3) is 0.875. The number of hydrogen-bond acceptors (Lipinski definition) is 3. The number of carbonyl (C=O) groups excluding carboxylic acids is 2. The van der Waals surface area contributed by atoms with Gasteiger partial charge in [0, 0.05) is 32.6 Å². The highest BCUT2D eigenvalue weighted by Crippen LogP contribution is 2.34. The Labute approximate surface area is 127 Å². The number of nitrogens with two attached hydrogens (primary N) is 1. The summed E-state index contributed by atoms with van der Waals surface area (Å²) >= 11 is 0. The van der Waals surface area contributed by atoms with Gasteiger partial charge in [-0.2, -0.15) is 0 Å². The molecule has 3 N–H and O–H groups in total. The summed E-state index contributed by atoms with van der Waals surface area (Å²) in [5.74, 6) is 0.219. The number of hydrogen-bond donors (Lipinski definition) is 2. The standard InChI is InChI=1S/C16H29N3O2/c17-13-16(8-3-1-2-4-9-16)15(21)18-10-7-14(20)19-11-5-6-12-19/h1-13,17H2,(H,18,21). The normalized spacial score (nSPS) is 21.9. The van der Waals surface area contributed by atoms with Crippen LogP contribution in [0.4, 0.5) is 0 Å². The van der Waals surface area contributed by atoms with Crippen molar-refractivity contribution < 1.29 is 9.59 Å². The number of amides is 2. The van der Waals surface area contributed by atoms with Gasteiger partial charge in [-0.15, -0.1) is 0 Å². The van der Waals surface area contributed by atoms with E-state index in [4.69, 9.17) is 5.73 Å². The number of nitrogens with zero attached hydrogens (tertiary/aromatic N) is 1. The van der Waals surface area contributed by atoms with Crippen molar-refractivity contribution >= 4 is 11.8 Å². The van der Waals surface area contributed by atoms with Crippen molar-refractivity contribution in [2.75, 3.05) is 26.2 Å². The topological polar surface area (TPSA) is 75.4 Å². The van der Waals surface area contributed by atoms with Gasteiger partial charge in [-0.25, -0.2) is 0 Å². The maximum Gasteiger partial charge on any atom is 0.227 e. The number of carbonyl (C=O) groups is 2. The first-order valence-corrected chi connectivity index (χ1v) is 8.44. The van der Waals surface area contributed by atoms with E-state index in [1.165, 1.54) is 12.8 Å². The molecule has 0 unspecified atom stereocenters. The summed E-state index contributed by atoms with van der Waals surface area (Å²) in [6.07, 6.45) is 8.94. The van der Waals surface area contributed by atoms with Crippen LogP contribution >= 0.6 is 0 Å². The van der Waals surface area contributed by atoms with Crippen LogP contribution in [-0.4, -0.2) is 42.9 Å². The summed E-state index contributed by atoms with van der Waals surface area (Å²) in [4.78, 5) is 26.3. The molecule has 1 aliphatic heterocycles. The molecule has 1 heterocycles. The van der Waals surface area contributed by atoms with Gasteiger partial charge in [0.25, 0.3) is 0 Å². The van der Waals surface area contributed by atoms with Gasteiger partial charge in [-0.05, 0) is 25.7 Å². The Morgan fingerprint density at radius 2 is 1.62 bits per heavy atom. The lowest BCUT2D eigenvalue weighted by Gasteiger charge is -2.30. The van der Waals surface area contributed by atoms with Crippen molar-refractivity contribution in [2.24, 2.45) is 11.1 Å². The highest BCUT2D eigenvalue weighted by atomic mass is 16.2. The highest BCUT2D eigenvalue weighted by molar-refractivity contribution is 5.84. The first-order chi connectivity index (χ1) is 10.2. The molecule has 5 nitrogen and oxygen atoms in total. The van der Waals surface area contributed by atoms with Crippen molar-refractivity contribution in [3.8, 4) is 0 Å². The molecule has 0 aromatic heterocycles. The van der Waals surface area contributed by atoms with Crippen LogP contribution in [0.25, 0.3) is 0 Å². The molecule has 2 aliphatic rings. The van der Waals surface area contributed by atoms with Crippen LogP contribution in [0, 0.1) is 5.41 Å². The second-order valence-corrected chi connectivity index (χ2v) is 6.49. The fourth-order valence-electron chi connectivity index (χ4n) is 3.52. The van der Waals surface area contributed by atoms with Gasteiger partial charge >= 0.3 is 0 Å². The minimum Gasteiger partial charge on any atom is -0.355 e. The van der Waals surface area contributed by atoms with Crippen LogP contribution in [0.2, 0.25) is 0 Å². The largest absolute Gasteiger partial charge is 0.355 e. The second-order valence-electron chi connectivity index (χ2n) is 6.49. The molecule has 5 heteroatoms. The predicted octanol–water partition coefficient (Wildman–Crippen LogP) is 1.41. The Balaban J connectivity index is 1.78. The van der Waals surface area contributed by atoms with Crippen molar-refractivity contribution in [3.05, 3.63) is 0 Å². The van der Waals surface area contributed by atoms with Gasteiger partial charge in [-0.1, -0.05) is 25.7 Å². The van der Waals surface area contributed by atoms with E-state index in [9.17, 15) is 9.59 Å². The Morgan fingerprint density at radius 1 is 1.00 bits per heavy atom. The molecule has 21 heavy (non-hydrogen) atoms. The molecule has 0 radical (unpaired) electrons. The SMILES string of the molecule is NCC1(C(=O)NCCC(=O)N2CCCC2)CCCCCC1. The van der Waals surface area contributed by atoms with Gasteiger partial charge in [0.05, 0.1) is 5.41 Å². The Kier molecular flexibility index (Phi) is 6.03. The maximum atomic E-state index is 12.5. The molecule has 0 aromatic rings. The van der Waals surface area contributed by atoms with Gasteiger partial charge < -0.3 is 16.0 Å². The highest BCUT2D eigenvalue weighted by Gasteiger charge is 2.37. The lowest BCUT2D eigenvalue weighted by molar-refractivity contribution is -0.132. The molecular formula is C16H29N3O2. The van der Waals surface area contributed by atoms with Crippen molar-refractivity contribution in [1.29, 1.82) is 0 Å². The molecule has 0 atom stereocenters. The van der Waals surface area contributed by atoms with Crippen molar-refractivity contribution in [2.45, 2.75) is 57.8 Å². The van der Waals surface area contributed by atoms with Crippen LogP contribution in [0.15, 0.2) is 0 Å². The van der Waals surface area contributed by atoms with Crippen LogP contribution in [-0.2, 0) is 9.59 Å². The van der Waals surface area contributed by atoms with E-state index in [1.54, 1.807) is 0 Å². The average Bonchev–Trinajstić information content (AvgIpc) is 2.92. The van der Waals surface area contributed by atoms with Gasteiger partial charge in [0.15, 0.2) is 0 Å². The van der Waals surface area contributed by atoms with E-state index in [1.807, 2.05) is 4.90 Å². The summed E-state index contributed by atoms with van der Waals surface area (Å²) in [5.41, 5.74) is 5.51. The molecule has 1 saturated heterocycles. The first kappa shape index (κ1) is 16.3. The quantitative estimate of drug-likeness (QED) is 0.753. The van der Waals surface area contributed by atoms with Gasteiger partial charge in [0.1, 0.15) is 0 Å². The van der Waals surface area contributed by atoms with Crippen LogP contribution in [0.3, 0.4) is 0 Å². The predicted molar refractivity (Wildman–Crippen MR) is 82.6 cm³/mol. The first-order valence-electron chi connectivity index (χ1n) is 8.44.